The van der Waals surface area contributed by atoms with Gasteiger partial charge in [0.2, 0.25) is 0 Å². The smallest absolute Gasteiger partial charge is 0.323 e. The van der Waals surface area contributed by atoms with Crippen molar-refractivity contribution in [3.63, 3.8) is 0 Å². The molecule has 0 saturated carbocycles. The topological polar surface area (TPSA) is 52.6 Å². The molecule has 0 spiro atoms. The van der Waals surface area contributed by atoms with Crippen LogP contribution < -0.4 is 0 Å². The molecule has 0 N–H and O–H groups in total. The maximum Gasteiger partial charge on any atom is 0.323 e. The van der Waals surface area contributed by atoms with Gasteiger partial charge < -0.3 is 9.47 Å². The van der Waals surface area contributed by atoms with E-state index in [-0.39, 0.29) is 5.97 Å². The number of hydrogen-bond acceptors (Lipinski definition) is 4. The highest BCUT2D eigenvalue weighted by Crippen LogP contribution is 2.28. The van der Waals surface area contributed by atoms with Crippen molar-refractivity contribution >= 4 is 34.5 Å². The number of rotatable bonds is 5. The summed E-state index contributed by atoms with van der Waals surface area (Å²) in [6, 6.07) is 9.17. The van der Waals surface area contributed by atoms with Crippen LogP contribution >= 0.6 is 22.6 Å². The SMILES string of the molecule is CCOC(=O)[C@H](I)[C@H](OC(C)=O)c1ccccc1. The highest BCUT2D eigenvalue weighted by Gasteiger charge is 2.30. The Morgan fingerprint density at radius 1 is 1.28 bits per heavy atom. The minimum atomic E-state index is -0.622. The standard InChI is InChI=1S/C13H15IO4/c1-3-17-13(16)11(14)12(18-9(2)15)10-7-5-4-6-8-10/h4-8,11-12H,3H2,1-2H3/t11-,12-/m1/s1. The van der Waals surface area contributed by atoms with Crippen LogP contribution in [0.4, 0.5) is 0 Å². The van der Waals surface area contributed by atoms with Crippen LogP contribution in [0.5, 0.6) is 0 Å². The average Bonchev–Trinajstić information content (AvgIpc) is 2.36. The highest BCUT2D eigenvalue weighted by molar-refractivity contribution is 14.1. The molecule has 4 nitrogen and oxygen atoms in total. The van der Waals surface area contributed by atoms with E-state index in [0.29, 0.717) is 6.61 Å². The Labute approximate surface area is 120 Å². The molecule has 5 heteroatoms. The zero-order valence-electron chi connectivity index (χ0n) is 10.3. The summed E-state index contributed by atoms with van der Waals surface area (Å²) in [5.41, 5.74) is 0.778. The average molecular weight is 362 g/mol. The van der Waals surface area contributed by atoms with Crippen molar-refractivity contribution < 1.29 is 19.1 Å². The lowest BCUT2D eigenvalue weighted by Crippen LogP contribution is -2.27. The molecule has 1 aromatic carbocycles. The van der Waals surface area contributed by atoms with Gasteiger partial charge in [0.15, 0.2) is 0 Å². The maximum atomic E-state index is 11.7. The lowest BCUT2D eigenvalue weighted by molar-refractivity contribution is -0.152. The molecule has 0 aliphatic carbocycles. The van der Waals surface area contributed by atoms with E-state index in [0.717, 1.165) is 5.56 Å². The van der Waals surface area contributed by atoms with Crippen LogP contribution in [-0.4, -0.2) is 22.5 Å². The third kappa shape index (κ3) is 4.29. The molecular weight excluding hydrogens is 347 g/mol. The molecule has 0 aromatic heterocycles. The predicted octanol–water partition coefficient (Wildman–Crippen LogP) is 2.66. The summed E-state index contributed by atoms with van der Waals surface area (Å²) >= 11 is 1.94. The zero-order chi connectivity index (χ0) is 13.5. The van der Waals surface area contributed by atoms with Gasteiger partial charge in [0.05, 0.1) is 6.61 Å². The Morgan fingerprint density at radius 3 is 2.39 bits per heavy atom. The Bertz CT molecular complexity index is 405. The summed E-state index contributed by atoms with van der Waals surface area (Å²) in [6.45, 7) is 3.37. The Balaban J connectivity index is 2.91. The van der Waals surface area contributed by atoms with Gasteiger partial charge >= 0.3 is 11.9 Å². The first-order valence-corrected chi connectivity index (χ1v) is 6.83. The molecule has 0 bridgehead atoms. The van der Waals surface area contributed by atoms with Gasteiger partial charge in [-0.3, -0.25) is 9.59 Å². The van der Waals surface area contributed by atoms with Gasteiger partial charge in [-0.1, -0.05) is 52.9 Å². The largest absolute Gasteiger partial charge is 0.465 e. The van der Waals surface area contributed by atoms with Crippen LogP contribution in [0.1, 0.15) is 25.5 Å². The van der Waals surface area contributed by atoms with Crippen LogP contribution in [0.25, 0.3) is 0 Å². The minimum Gasteiger partial charge on any atom is -0.465 e. The van der Waals surface area contributed by atoms with Crippen LogP contribution in [0.15, 0.2) is 30.3 Å². The van der Waals surface area contributed by atoms with Crippen molar-refractivity contribution in [1.29, 1.82) is 0 Å². The zero-order valence-corrected chi connectivity index (χ0v) is 12.4. The fourth-order valence-electron chi connectivity index (χ4n) is 1.46. The first-order valence-electron chi connectivity index (χ1n) is 5.59. The van der Waals surface area contributed by atoms with Gasteiger partial charge in [-0.15, -0.1) is 0 Å². The van der Waals surface area contributed by atoms with E-state index in [1.54, 1.807) is 6.92 Å². The summed E-state index contributed by atoms with van der Waals surface area (Å²) in [5.74, 6) is -0.803. The van der Waals surface area contributed by atoms with Gasteiger partial charge in [0.25, 0.3) is 0 Å². The highest BCUT2D eigenvalue weighted by atomic mass is 127. The van der Waals surface area contributed by atoms with E-state index in [1.165, 1.54) is 6.92 Å². The summed E-state index contributed by atoms with van der Waals surface area (Å²) in [6.07, 6.45) is -0.622. The monoisotopic (exact) mass is 362 g/mol. The molecular formula is C13H15IO4. The number of alkyl halides is 1. The molecule has 0 aliphatic heterocycles. The Hall–Kier alpha value is -1.11. The van der Waals surface area contributed by atoms with Crippen LogP contribution in [-0.2, 0) is 19.1 Å². The van der Waals surface area contributed by atoms with Crippen molar-refractivity contribution in [2.24, 2.45) is 0 Å². The molecule has 2 atom stereocenters. The van der Waals surface area contributed by atoms with Gasteiger partial charge in [-0.2, -0.15) is 0 Å². The van der Waals surface area contributed by atoms with Crippen molar-refractivity contribution in [3.05, 3.63) is 35.9 Å². The van der Waals surface area contributed by atoms with E-state index >= 15 is 0 Å². The second kappa shape index (κ2) is 7.35. The molecule has 1 rings (SSSR count). The quantitative estimate of drug-likeness (QED) is 0.459. The van der Waals surface area contributed by atoms with Gasteiger partial charge in [0.1, 0.15) is 10.0 Å². The van der Waals surface area contributed by atoms with E-state index < -0.39 is 16.0 Å². The molecule has 0 amide bonds. The fourth-order valence-corrected chi connectivity index (χ4v) is 2.21. The number of hydrogen-bond donors (Lipinski definition) is 0. The first-order chi connectivity index (χ1) is 8.56. The van der Waals surface area contributed by atoms with E-state index in [4.69, 9.17) is 9.47 Å². The summed E-state index contributed by atoms with van der Waals surface area (Å²) < 4.78 is 9.61. The maximum absolute atomic E-state index is 11.7. The lowest BCUT2D eigenvalue weighted by atomic mass is 10.1. The predicted molar refractivity (Wildman–Crippen MR) is 75.4 cm³/mol. The van der Waals surface area contributed by atoms with Crippen molar-refractivity contribution in [3.8, 4) is 0 Å². The first kappa shape index (κ1) is 14.9. The second-order valence-corrected chi connectivity index (χ2v) is 4.94. The fraction of sp³-hybridized carbons (Fsp3) is 0.385. The van der Waals surface area contributed by atoms with Crippen molar-refractivity contribution in [1.82, 2.24) is 0 Å². The van der Waals surface area contributed by atoms with Crippen LogP contribution in [0, 0.1) is 0 Å². The van der Waals surface area contributed by atoms with Gasteiger partial charge in [-0.05, 0) is 12.5 Å². The number of carbonyl (C=O) groups excluding carboxylic acids is 2. The molecule has 0 fully saturated rings. The number of esters is 2. The molecule has 0 heterocycles. The Kier molecular flexibility index (Phi) is 6.11. The number of benzene rings is 1. The second-order valence-electron chi connectivity index (χ2n) is 3.59. The summed E-state index contributed by atoms with van der Waals surface area (Å²) in [5, 5.41) is 0. The van der Waals surface area contributed by atoms with Crippen molar-refractivity contribution in [2.75, 3.05) is 6.61 Å². The summed E-state index contributed by atoms with van der Waals surface area (Å²) in [4.78, 5) is 22.9. The Morgan fingerprint density at radius 2 is 1.89 bits per heavy atom. The number of halogens is 1. The normalized spacial score (nSPS) is 13.5. The molecule has 0 radical (unpaired) electrons. The van der Waals surface area contributed by atoms with Crippen molar-refractivity contribution in [2.45, 2.75) is 23.9 Å². The van der Waals surface area contributed by atoms with E-state index in [9.17, 15) is 9.59 Å². The minimum absolute atomic E-state index is 0.305. The van der Waals surface area contributed by atoms with Crippen LogP contribution in [0.3, 0.4) is 0 Å². The third-order valence-corrected chi connectivity index (χ3v) is 3.36. The third-order valence-electron chi connectivity index (χ3n) is 2.20. The van der Waals surface area contributed by atoms with Gasteiger partial charge in [-0.25, -0.2) is 0 Å². The number of carbonyl (C=O) groups is 2. The van der Waals surface area contributed by atoms with E-state index in [1.807, 2.05) is 52.9 Å². The van der Waals surface area contributed by atoms with Gasteiger partial charge in [0, 0.05) is 6.92 Å². The summed E-state index contributed by atoms with van der Waals surface area (Å²) in [7, 11) is 0. The number of ether oxygens (including phenoxy) is 2. The molecule has 0 aliphatic rings. The molecule has 0 unspecified atom stereocenters. The lowest BCUT2D eigenvalue weighted by Gasteiger charge is -2.21. The molecule has 98 valence electrons. The molecule has 0 saturated heterocycles. The van der Waals surface area contributed by atoms with Crippen LogP contribution in [0.2, 0.25) is 0 Å². The molecule has 18 heavy (non-hydrogen) atoms. The van der Waals surface area contributed by atoms with E-state index in [2.05, 4.69) is 0 Å². The molecule has 1 aromatic rings.